The maximum atomic E-state index is 12.6. The molecule has 25 heavy (non-hydrogen) atoms. The summed E-state index contributed by atoms with van der Waals surface area (Å²) in [7, 11) is 1.52. The zero-order chi connectivity index (χ0) is 18.8. The average molecular weight is 437 g/mol. The number of aryl methyl sites for hydroxylation is 1. The quantitative estimate of drug-likeness (QED) is 0.741. The van der Waals surface area contributed by atoms with Gasteiger partial charge < -0.3 is 10.2 Å². The number of halogens is 5. The van der Waals surface area contributed by atoms with Crippen molar-refractivity contribution in [2.45, 2.75) is 13.1 Å². The number of carbonyl (C=O) groups excluding carboxylic acids is 1. The van der Waals surface area contributed by atoms with Gasteiger partial charge >= 0.3 is 6.18 Å². The number of anilines is 2. The Labute approximate surface area is 156 Å². The number of hydrogen-bond donors (Lipinski definition) is 1. The first-order valence-corrected chi connectivity index (χ1v) is 8.25. The second kappa shape index (κ2) is 7.61. The molecule has 0 atom stereocenters. The first kappa shape index (κ1) is 19.5. The number of pyridine rings is 1. The van der Waals surface area contributed by atoms with Gasteiger partial charge in [-0.2, -0.15) is 13.2 Å². The molecule has 1 aromatic carbocycles. The number of benzene rings is 1. The highest BCUT2D eigenvalue weighted by atomic mass is 79.9. The molecule has 0 fully saturated rings. The molecule has 4 nitrogen and oxygen atoms in total. The minimum atomic E-state index is -4.52. The third-order valence-corrected chi connectivity index (χ3v) is 4.13. The van der Waals surface area contributed by atoms with Crippen molar-refractivity contribution in [3.05, 3.63) is 51.1 Å². The number of alkyl halides is 3. The van der Waals surface area contributed by atoms with Crippen molar-refractivity contribution >= 4 is 44.9 Å². The standard InChI is InChI=1S/C16H14BrClF3N3O/c1-9-5-11(17)3-4-13(9)23-14(25)8-24(2)15-12(18)6-10(7-22-15)16(19,20)21/h3-7H,8H2,1-2H3,(H,23,25). The predicted octanol–water partition coefficient (Wildman–Crippen LogP) is 4.90. The first-order chi connectivity index (χ1) is 11.6. The van der Waals surface area contributed by atoms with Crippen LogP contribution in [0.25, 0.3) is 0 Å². The Kier molecular flexibility index (Phi) is 5.95. The molecule has 134 valence electrons. The second-order valence-electron chi connectivity index (χ2n) is 5.39. The monoisotopic (exact) mass is 435 g/mol. The van der Waals surface area contributed by atoms with Crippen LogP contribution in [0.1, 0.15) is 11.1 Å². The van der Waals surface area contributed by atoms with Crippen molar-refractivity contribution in [2.75, 3.05) is 23.8 Å². The van der Waals surface area contributed by atoms with Crippen molar-refractivity contribution in [3.63, 3.8) is 0 Å². The normalized spacial score (nSPS) is 11.3. The van der Waals surface area contributed by atoms with E-state index in [0.29, 0.717) is 11.9 Å². The van der Waals surface area contributed by atoms with E-state index in [4.69, 9.17) is 11.6 Å². The number of rotatable bonds is 4. The van der Waals surface area contributed by atoms with Gasteiger partial charge in [-0.25, -0.2) is 4.98 Å². The number of aromatic nitrogens is 1. The highest BCUT2D eigenvalue weighted by Crippen LogP contribution is 2.33. The van der Waals surface area contributed by atoms with Gasteiger partial charge in [0.2, 0.25) is 5.91 Å². The van der Waals surface area contributed by atoms with Gasteiger partial charge in [0.05, 0.1) is 17.1 Å². The highest BCUT2D eigenvalue weighted by Gasteiger charge is 2.32. The van der Waals surface area contributed by atoms with Crippen molar-refractivity contribution < 1.29 is 18.0 Å². The molecule has 0 saturated heterocycles. The molecule has 0 bridgehead atoms. The lowest BCUT2D eigenvalue weighted by atomic mass is 10.2. The summed E-state index contributed by atoms with van der Waals surface area (Å²) in [6.07, 6.45) is -3.83. The highest BCUT2D eigenvalue weighted by molar-refractivity contribution is 9.10. The molecule has 1 aromatic heterocycles. The third kappa shape index (κ3) is 5.09. The van der Waals surface area contributed by atoms with E-state index >= 15 is 0 Å². The van der Waals surface area contributed by atoms with Crippen LogP contribution >= 0.6 is 27.5 Å². The zero-order valence-corrected chi connectivity index (χ0v) is 15.6. The Morgan fingerprint density at radius 3 is 2.60 bits per heavy atom. The summed E-state index contributed by atoms with van der Waals surface area (Å²) in [5, 5.41) is 2.56. The molecule has 0 spiro atoms. The lowest BCUT2D eigenvalue weighted by molar-refractivity contribution is -0.137. The Morgan fingerprint density at radius 1 is 1.36 bits per heavy atom. The van der Waals surface area contributed by atoms with Crippen LogP contribution in [0, 0.1) is 6.92 Å². The molecule has 0 saturated carbocycles. The van der Waals surface area contributed by atoms with Gasteiger partial charge in [0.25, 0.3) is 0 Å². The number of nitrogens with one attached hydrogen (secondary N) is 1. The molecule has 0 aliphatic carbocycles. The van der Waals surface area contributed by atoms with E-state index in [1.54, 1.807) is 12.1 Å². The van der Waals surface area contributed by atoms with Crippen molar-refractivity contribution in [1.82, 2.24) is 4.98 Å². The van der Waals surface area contributed by atoms with Crippen molar-refractivity contribution in [3.8, 4) is 0 Å². The summed E-state index contributed by atoms with van der Waals surface area (Å²) in [6, 6.07) is 6.19. The molecular weight excluding hydrogens is 423 g/mol. The average Bonchev–Trinajstić information content (AvgIpc) is 2.49. The third-order valence-electron chi connectivity index (χ3n) is 3.35. The smallest absolute Gasteiger partial charge is 0.349 e. The molecule has 2 aromatic rings. The summed E-state index contributed by atoms with van der Waals surface area (Å²) in [6.45, 7) is 1.73. The minimum Gasteiger partial charge on any atom is -0.349 e. The van der Waals surface area contributed by atoms with E-state index in [1.807, 2.05) is 13.0 Å². The van der Waals surface area contributed by atoms with Gasteiger partial charge in [-0.3, -0.25) is 4.79 Å². The summed E-state index contributed by atoms with van der Waals surface area (Å²) in [4.78, 5) is 17.3. The lowest BCUT2D eigenvalue weighted by Crippen LogP contribution is -2.31. The van der Waals surface area contributed by atoms with E-state index < -0.39 is 11.7 Å². The number of nitrogens with zero attached hydrogens (tertiary/aromatic N) is 2. The van der Waals surface area contributed by atoms with E-state index in [1.165, 1.54) is 11.9 Å². The fourth-order valence-corrected chi connectivity index (χ4v) is 2.90. The topological polar surface area (TPSA) is 45.2 Å². The fourth-order valence-electron chi connectivity index (χ4n) is 2.11. The van der Waals surface area contributed by atoms with Gasteiger partial charge in [0.1, 0.15) is 5.82 Å². The molecule has 2 rings (SSSR count). The largest absolute Gasteiger partial charge is 0.417 e. The van der Waals surface area contributed by atoms with Crippen LogP contribution in [0.5, 0.6) is 0 Å². The molecule has 0 aliphatic rings. The van der Waals surface area contributed by atoms with E-state index in [-0.39, 0.29) is 23.3 Å². The zero-order valence-electron chi connectivity index (χ0n) is 13.3. The Bertz CT molecular complexity index is 799. The second-order valence-corrected chi connectivity index (χ2v) is 6.71. The number of hydrogen-bond acceptors (Lipinski definition) is 3. The molecule has 0 radical (unpaired) electrons. The van der Waals surface area contributed by atoms with Gasteiger partial charge in [-0.1, -0.05) is 27.5 Å². The molecule has 0 unspecified atom stereocenters. The number of likely N-dealkylation sites (N-methyl/N-ethyl adjacent to an activating group) is 1. The molecule has 0 aliphatic heterocycles. The fraction of sp³-hybridized carbons (Fsp3) is 0.250. The Morgan fingerprint density at radius 2 is 2.04 bits per heavy atom. The van der Waals surface area contributed by atoms with Gasteiger partial charge in [-0.05, 0) is 36.8 Å². The lowest BCUT2D eigenvalue weighted by Gasteiger charge is -2.20. The van der Waals surface area contributed by atoms with Gasteiger partial charge in [-0.15, -0.1) is 0 Å². The summed E-state index contributed by atoms with van der Waals surface area (Å²) in [5.74, 6) is -0.247. The number of amides is 1. The molecule has 9 heteroatoms. The van der Waals surface area contributed by atoms with E-state index in [0.717, 1.165) is 16.1 Å². The van der Waals surface area contributed by atoms with E-state index in [2.05, 4.69) is 26.2 Å². The van der Waals surface area contributed by atoms with Crippen molar-refractivity contribution in [1.29, 1.82) is 0 Å². The van der Waals surface area contributed by atoms with E-state index in [9.17, 15) is 18.0 Å². The van der Waals surface area contributed by atoms with Crippen LogP contribution in [-0.2, 0) is 11.0 Å². The van der Waals surface area contributed by atoms with Gasteiger partial charge in [0.15, 0.2) is 0 Å². The summed E-state index contributed by atoms with van der Waals surface area (Å²) in [5.41, 5.74) is 0.578. The van der Waals surface area contributed by atoms with Gasteiger partial charge in [0, 0.05) is 23.4 Å². The number of carbonyl (C=O) groups is 1. The Balaban J connectivity index is 2.08. The van der Waals surface area contributed by atoms with Crippen LogP contribution in [-0.4, -0.2) is 24.5 Å². The molecule has 1 amide bonds. The van der Waals surface area contributed by atoms with Crippen LogP contribution in [0.4, 0.5) is 24.7 Å². The van der Waals surface area contributed by atoms with Crippen LogP contribution < -0.4 is 10.2 Å². The van der Waals surface area contributed by atoms with Crippen molar-refractivity contribution in [2.24, 2.45) is 0 Å². The first-order valence-electron chi connectivity index (χ1n) is 7.08. The predicted molar refractivity (Wildman–Crippen MR) is 95.0 cm³/mol. The molecular formula is C16H14BrClF3N3O. The Hall–Kier alpha value is -1.80. The minimum absolute atomic E-state index is 0.0948. The van der Waals surface area contributed by atoms with Crippen LogP contribution in [0.2, 0.25) is 5.02 Å². The SMILES string of the molecule is Cc1cc(Br)ccc1NC(=O)CN(C)c1ncc(C(F)(F)F)cc1Cl. The molecule has 1 heterocycles. The molecule has 1 N–H and O–H groups in total. The van der Waals surface area contributed by atoms with Crippen LogP contribution in [0.15, 0.2) is 34.9 Å². The summed E-state index contributed by atoms with van der Waals surface area (Å²) < 4.78 is 38.8. The van der Waals surface area contributed by atoms with Crippen LogP contribution in [0.3, 0.4) is 0 Å². The maximum Gasteiger partial charge on any atom is 0.417 e. The maximum absolute atomic E-state index is 12.6. The summed E-state index contributed by atoms with van der Waals surface area (Å²) >= 11 is 9.21.